The third kappa shape index (κ3) is 6.33. The Hall–Kier alpha value is -0.380. The van der Waals surface area contributed by atoms with Gasteiger partial charge in [-0.3, -0.25) is 9.89 Å². The van der Waals surface area contributed by atoms with E-state index in [0.717, 1.165) is 19.7 Å². The zero-order valence-electron chi connectivity index (χ0n) is 17.0. The number of hydrogen-bond acceptors (Lipinski definition) is 5. The van der Waals surface area contributed by atoms with Crippen molar-refractivity contribution in [2.45, 2.75) is 56.3 Å². The van der Waals surface area contributed by atoms with Crippen molar-refractivity contribution in [2.24, 2.45) is 4.99 Å². The number of fused-ring (bicyclic) bond motifs is 1. The molecule has 2 N–H and O–H groups in total. The number of sulfonamides is 1. The number of nitrogens with one attached hydrogen (secondary N) is 2. The lowest BCUT2D eigenvalue weighted by Crippen LogP contribution is -2.52. The Labute approximate surface area is 193 Å². The zero-order valence-corrected chi connectivity index (χ0v) is 20.2. The third-order valence-electron chi connectivity index (χ3n) is 5.69. The van der Waals surface area contributed by atoms with Gasteiger partial charge in [0.25, 0.3) is 0 Å². The molecule has 0 aromatic carbocycles. The SMILES string of the molecule is CCNC(=NCC1CN2CCCC2CO1)NC1CCN(S(=O)(=O)C(F)(F)F)CC1.I. The number of piperidine rings is 1. The van der Waals surface area contributed by atoms with Crippen LogP contribution in [0, 0.1) is 0 Å². The number of guanidine groups is 1. The Morgan fingerprint density at radius 1 is 1.20 bits per heavy atom. The predicted molar refractivity (Wildman–Crippen MR) is 118 cm³/mol. The minimum absolute atomic E-state index is 0. The second-order valence-corrected chi connectivity index (χ2v) is 9.66. The summed E-state index contributed by atoms with van der Waals surface area (Å²) in [5.41, 5.74) is -5.25. The summed E-state index contributed by atoms with van der Waals surface area (Å²) in [4.78, 5) is 7.03. The Balaban J connectivity index is 0.00000320. The molecule has 0 spiro atoms. The van der Waals surface area contributed by atoms with Crippen molar-refractivity contribution in [3.05, 3.63) is 0 Å². The number of aliphatic imine (C=N–C) groups is 1. The van der Waals surface area contributed by atoms with Gasteiger partial charge >= 0.3 is 15.5 Å². The summed E-state index contributed by atoms with van der Waals surface area (Å²) in [7, 11) is -5.26. The highest BCUT2D eigenvalue weighted by Crippen LogP contribution is 2.29. The normalized spacial score (nSPS) is 27.4. The van der Waals surface area contributed by atoms with Crippen LogP contribution in [-0.2, 0) is 14.8 Å². The average Bonchev–Trinajstić information content (AvgIpc) is 3.13. The van der Waals surface area contributed by atoms with Gasteiger partial charge in [0, 0.05) is 38.3 Å². The van der Waals surface area contributed by atoms with Gasteiger partial charge in [0.2, 0.25) is 0 Å². The first-order valence-corrected chi connectivity index (χ1v) is 11.6. The van der Waals surface area contributed by atoms with Crippen molar-refractivity contribution in [1.82, 2.24) is 19.8 Å². The number of halogens is 4. The maximum absolute atomic E-state index is 12.7. The fourth-order valence-corrected chi connectivity index (χ4v) is 5.07. The predicted octanol–water partition coefficient (Wildman–Crippen LogP) is 1.34. The Morgan fingerprint density at radius 2 is 1.90 bits per heavy atom. The van der Waals surface area contributed by atoms with Gasteiger partial charge in [0.15, 0.2) is 5.96 Å². The van der Waals surface area contributed by atoms with E-state index in [2.05, 4.69) is 20.5 Å². The molecule has 30 heavy (non-hydrogen) atoms. The van der Waals surface area contributed by atoms with Gasteiger partial charge in [-0.05, 0) is 39.2 Å². The molecule has 0 bridgehead atoms. The van der Waals surface area contributed by atoms with Crippen molar-refractivity contribution < 1.29 is 26.3 Å². The topological polar surface area (TPSA) is 86.3 Å². The molecule has 3 rings (SSSR count). The quantitative estimate of drug-likeness (QED) is 0.296. The molecule has 2 atom stereocenters. The number of nitrogens with zero attached hydrogens (tertiary/aromatic N) is 3. The smallest absolute Gasteiger partial charge is 0.373 e. The van der Waals surface area contributed by atoms with Crippen molar-refractivity contribution in [1.29, 1.82) is 0 Å². The van der Waals surface area contributed by atoms with Gasteiger partial charge < -0.3 is 15.4 Å². The van der Waals surface area contributed by atoms with E-state index in [1.54, 1.807) is 0 Å². The van der Waals surface area contributed by atoms with Crippen LogP contribution in [0.1, 0.15) is 32.6 Å². The van der Waals surface area contributed by atoms with E-state index in [9.17, 15) is 21.6 Å². The number of hydrogen-bond donors (Lipinski definition) is 2. The summed E-state index contributed by atoms with van der Waals surface area (Å²) in [6.07, 6.45) is 2.99. The van der Waals surface area contributed by atoms with E-state index in [4.69, 9.17) is 4.74 Å². The minimum atomic E-state index is -5.26. The van der Waals surface area contributed by atoms with Gasteiger partial charge in [-0.2, -0.15) is 17.5 Å². The highest BCUT2D eigenvalue weighted by molar-refractivity contribution is 14.0. The first-order chi connectivity index (χ1) is 13.7. The molecule has 0 aliphatic carbocycles. The molecule has 13 heteroatoms. The van der Waals surface area contributed by atoms with Crippen molar-refractivity contribution in [3.8, 4) is 0 Å². The van der Waals surface area contributed by atoms with Crippen molar-refractivity contribution in [3.63, 3.8) is 0 Å². The lowest BCUT2D eigenvalue weighted by molar-refractivity contribution is -0.0494. The molecule has 176 valence electrons. The molecular weight excluding hydrogens is 538 g/mol. The second kappa shape index (κ2) is 11.0. The van der Waals surface area contributed by atoms with Crippen LogP contribution in [0.5, 0.6) is 0 Å². The lowest BCUT2D eigenvalue weighted by atomic mass is 10.1. The van der Waals surface area contributed by atoms with Crippen LogP contribution in [0.4, 0.5) is 13.2 Å². The fraction of sp³-hybridized carbons (Fsp3) is 0.941. The van der Waals surface area contributed by atoms with Crippen LogP contribution in [0.3, 0.4) is 0 Å². The molecule has 3 fully saturated rings. The molecular formula is C17H31F3IN5O3S. The first kappa shape index (κ1) is 25.9. The minimum Gasteiger partial charge on any atom is -0.373 e. The number of ether oxygens (including phenoxy) is 1. The Morgan fingerprint density at radius 3 is 2.53 bits per heavy atom. The molecule has 3 heterocycles. The van der Waals surface area contributed by atoms with E-state index < -0.39 is 15.5 Å². The molecule has 0 aromatic rings. The number of rotatable bonds is 5. The third-order valence-corrected chi connectivity index (χ3v) is 7.32. The lowest BCUT2D eigenvalue weighted by Gasteiger charge is -2.35. The maximum atomic E-state index is 12.7. The number of morpholine rings is 1. The summed E-state index contributed by atoms with van der Waals surface area (Å²) in [5, 5.41) is 6.36. The van der Waals surface area contributed by atoms with Crippen LogP contribution in [0.15, 0.2) is 4.99 Å². The van der Waals surface area contributed by atoms with Gasteiger partial charge in [-0.1, -0.05) is 0 Å². The first-order valence-electron chi connectivity index (χ1n) is 10.2. The van der Waals surface area contributed by atoms with Crippen molar-refractivity contribution in [2.75, 3.05) is 45.9 Å². The van der Waals surface area contributed by atoms with E-state index >= 15 is 0 Å². The number of alkyl halides is 3. The van der Waals surface area contributed by atoms with Gasteiger partial charge in [0.1, 0.15) is 0 Å². The van der Waals surface area contributed by atoms with Gasteiger partial charge in [-0.15, -0.1) is 24.0 Å². The molecule has 2 unspecified atom stereocenters. The molecule has 0 amide bonds. The average molecular weight is 569 g/mol. The summed E-state index contributed by atoms with van der Waals surface area (Å²) in [5.74, 6) is 0.580. The Bertz CT molecular complexity index is 687. The molecule has 0 radical (unpaired) electrons. The van der Waals surface area contributed by atoms with Crippen LogP contribution in [-0.4, -0.2) is 93.2 Å². The van der Waals surface area contributed by atoms with E-state index in [1.165, 1.54) is 12.8 Å². The van der Waals surface area contributed by atoms with E-state index in [-0.39, 0.29) is 62.1 Å². The fourth-order valence-electron chi connectivity index (χ4n) is 4.09. The van der Waals surface area contributed by atoms with Crippen LogP contribution in [0.25, 0.3) is 0 Å². The summed E-state index contributed by atoms with van der Waals surface area (Å²) in [6.45, 7) is 5.44. The van der Waals surface area contributed by atoms with E-state index in [1.807, 2.05) is 6.92 Å². The molecule has 0 aromatic heterocycles. The largest absolute Gasteiger partial charge is 0.511 e. The molecule has 0 saturated carbocycles. The van der Waals surface area contributed by atoms with E-state index in [0.29, 0.717) is 29.4 Å². The molecule has 3 saturated heterocycles. The van der Waals surface area contributed by atoms with Crippen LogP contribution in [0.2, 0.25) is 0 Å². The summed E-state index contributed by atoms with van der Waals surface area (Å²) >= 11 is 0. The molecule has 3 aliphatic heterocycles. The standard InChI is InChI=1S/C17H30F3N5O3S.HI/c1-2-21-16(22-10-15-11-24-7-3-4-14(24)12-28-15)23-13-5-8-25(9-6-13)29(26,27)17(18,19)20;/h13-15H,2-12H2,1H3,(H2,21,22,23);1H. The summed E-state index contributed by atoms with van der Waals surface area (Å²) in [6, 6.07) is 0.391. The van der Waals surface area contributed by atoms with Crippen molar-refractivity contribution >= 4 is 40.0 Å². The summed E-state index contributed by atoms with van der Waals surface area (Å²) < 4.78 is 67.5. The second-order valence-electron chi connectivity index (χ2n) is 7.73. The van der Waals surface area contributed by atoms with Gasteiger partial charge in [-0.25, -0.2) is 8.42 Å². The molecule has 8 nitrogen and oxygen atoms in total. The zero-order chi connectivity index (χ0) is 21.1. The maximum Gasteiger partial charge on any atom is 0.511 e. The monoisotopic (exact) mass is 569 g/mol. The van der Waals surface area contributed by atoms with Crippen LogP contribution < -0.4 is 10.6 Å². The van der Waals surface area contributed by atoms with Crippen LogP contribution >= 0.6 is 24.0 Å². The highest BCUT2D eigenvalue weighted by Gasteiger charge is 2.50. The molecule has 3 aliphatic rings. The highest BCUT2D eigenvalue weighted by atomic mass is 127. The van der Waals surface area contributed by atoms with Gasteiger partial charge in [0.05, 0.1) is 19.3 Å². The Kier molecular flexibility index (Phi) is 9.46.